The van der Waals surface area contributed by atoms with Crippen molar-refractivity contribution in [3.05, 3.63) is 29.0 Å². The molecule has 0 radical (unpaired) electrons. The zero-order chi connectivity index (χ0) is 12.0. The predicted molar refractivity (Wildman–Crippen MR) is 62.7 cm³/mol. The third-order valence-corrected chi connectivity index (χ3v) is 2.16. The van der Waals surface area contributed by atoms with Crippen LogP contribution < -0.4 is 5.32 Å². The highest BCUT2D eigenvalue weighted by Crippen LogP contribution is 2.12. The first-order valence-electron chi connectivity index (χ1n) is 5.10. The molecule has 88 valence electrons. The first-order valence-corrected chi connectivity index (χ1v) is 5.48. The van der Waals surface area contributed by atoms with E-state index < -0.39 is 0 Å². The Balaban J connectivity index is 2.39. The summed E-state index contributed by atoms with van der Waals surface area (Å²) in [6, 6.07) is 1.58. The van der Waals surface area contributed by atoms with Gasteiger partial charge in [-0.1, -0.05) is 11.6 Å². The standard InChI is InChI=1S/C11H15ClN2O2/c1-8(2)16-6-5-14-11(15)9-3-4-13-7-10(9)12/h3-4,7-8H,5-6H2,1-2H3,(H,14,15). The predicted octanol–water partition coefficient (Wildman–Crippen LogP) is 1.89. The Bertz CT molecular complexity index is 356. The number of hydrogen-bond acceptors (Lipinski definition) is 3. The lowest BCUT2D eigenvalue weighted by atomic mass is 10.2. The van der Waals surface area contributed by atoms with Gasteiger partial charge in [-0.15, -0.1) is 0 Å². The zero-order valence-electron chi connectivity index (χ0n) is 9.37. The summed E-state index contributed by atoms with van der Waals surface area (Å²) in [6.07, 6.45) is 3.15. The first kappa shape index (κ1) is 12.9. The number of halogens is 1. The number of nitrogens with one attached hydrogen (secondary N) is 1. The number of rotatable bonds is 5. The SMILES string of the molecule is CC(C)OCCNC(=O)c1ccncc1Cl. The van der Waals surface area contributed by atoms with Gasteiger partial charge in [-0.25, -0.2) is 0 Å². The Hall–Kier alpha value is -1.13. The molecule has 16 heavy (non-hydrogen) atoms. The van der Waals surface area contributed by atoms with Crippen LogP contribution in [0.4, 0.5) is 0 Å². The van der Waals surface area contributed by atoms with E-state index in [1.54, 1.807) is 6.07 Å². The minimum absolute atomic E-state index is 0.168. The molecular weight excluding hydrogens is 228 g/mol. The second-order valence-corrected chi connectivity index (χ2v) is 3.94. The van der Waals surface area contributed by atoms with E-state index in [-0.39, 0.29) is 12.0 Å². The van der Waals surface area contributed by atoms with E-state index in [0.717, 1.165) is 0 Å². The average Bonchev–Trinajstić information content (AvgIpc) is 2.24. The molecule has 0 saturated heterocycles. The largest absolute Gasteiger partial charge is 0.377 e. The number of aromatic nitrogens is 1. The van der Waals surface area contributed by atoms with Crippen LogP contribution in [0.25, 0.3) is 0 Å². The van der Waals surface area contributed by atoms with Gasteiger partial charge >= 0.3 is 0 Å². The van der Waals surface area contributed by atoms with E-state index in [9.17, 15) is 4.79 Å². The van der Waals surface area contributed by atoms with E-state index >= 15 is 0 Å². The summed E-state index contributed by atoms with van der Waals surface area (Å²) in [5, 5.41) is 3.07. The third kappa shape index (κ3) is 4.16. The van der Waals surface area contributed by atoms with Crippen molar-refractivity contribution in [2.45, 2.75) is 20.0 Å². The van der Waals surface area contributed by atoms with Crippen LogP contribution in [0.5, 0.6) is 0 Å². The molecule has 1 rings (SSSR count). The van der Waals surface area contributed by atoms with Gasteiger partial charge in [-0.3, -0.25) is 9.78 Å². The van der Waals surface area contributed by atoms with Gasteiger partial charge in [0.05, 0.1) is 23.3 Å². The number of hydrogen-bond donors (Lipinski definition) is 1. The highest BCUT2D eigenvalue weighted by molar-refractivity contribution is 6.33. The number of carbonyl (C=O) groups excluding carboxylic acids is 1. The summed E-state index contributed by atoms with van der Waals surface area (Å²) in [6.45, 7) is 4.85. The average molecular weight is 243 g/mol. The van der Waals surface area contributed by atoms with Gasteiger partial charge in [-0.2, -0.15) is 0 Å². The van der Waals surface area contributed by atoms with Gasteiger partial charge in [0.1, 0.15) is 0 Å². The summed E-state index contributed by atoms with van der Waals surface area (Å²) < 4.78 is 5.30. The molecule has 0 aliphatic heterocycles. The van der Waals surface area contributed by atoms with E-state index in [1.165, 1.54) is 12.4 Å². The number of nitrogens with zero attached hydrogens (tertiary/aromatic N) is 1. The van der Waals surface area contributed by atoms with Crippen LogP contribution in [0.15, 0.2) is 18.5 Å². The maximum Gasteiger partial charge on any atom is 0.252 e. The summed E-state index contributed by atoms with van der Waals surface area (Å²) >= 11 is 5.83. The lowest BCUT2D eigenvalue weighted by molar-refractivity contribution is 0.0746. The molecule has 0 bridgehead atoms. The van der Waals surface area contributed by atoms with Crippen molar-refractivity contribution in [3.63, 3.8) is 0 Å². The lowest BCUT2D eigenvalue weighted by Crippen LogP contribution is -2.28. The summed E-state index contributed by atoms with van der Waals surface area (Å²) in [7, 11) is 0. The van der Waals surface area contributed by atoms with Gasteiger partial charge in [0.25, 0.3) is 5.91 Å². The molecule has 0 atom stereocenters. The van der Waals surface area contributed by atoms with Crippen molar-refractivity contribution in [2.75, 3.05) is 13.2 Å². The van der Waals surface area contributed by atoms with Crippen LogP contribution in [0.3, 0.4) is 0 Å². The second kappa shape index (κ2) is 6.45. The van der Waals surface area contributed by atoms with Gasteiger partial charge < -0.3 is 10.1 Å². The molecule has 0 spiro atoms. The second-order valence-electron chi connectivity index (χ2n) is 3.53. The molecule has 1 heterocycles. The molecule has 0 aliphatic carbocycles. The maximum atomic E-state index is 11.6. The Labute approximate surface area is 100.0 Å². The normalized spacial score (nSPS) is 10.5. The smallest absolute Gasteiger partial charge is 0.252 e. The van der Waals surface area contributed by atoms with Crippen LogP contribution in [-0.2, 0) is 4.74 Å². The molecule has 1 N–H and O–H groups in total. The highest BCUT2D eigenvalue weighted by Gasteiger charge is 2.08. The fourth-order valence-corrected chi connectivity index (χ4v) is 1.32. The molecule has 5 heteroatoms. The molecule has 4 nitrogen and oxygen atoms in total. The Morgan fingerprint density at radius 3 is 3.00 bits per heavy atom. The van der Waals surface area contributed by atoms with Crippen LogP contribution in [0, 0.1) is 0 Å². The zero-order valence-corrected chi connectivity index (χ0v) is 10.1. The number of ether oxygens (including phenoxy) is 1. The van der Waals surface area contributed by atoms with E-state index in [1.807, 2.05) is 13.8 Å². The molecule has 1 aromatic heterocycles. The summed E-state index contributed by atoms with van der Waals surface area (Å²) in [5.41, 5.74) is 0.432. The van der Waals surface area contributed by atoms with Crippen LogP contribution >= 0.6 is 11.6 Å². The molecule has 0 unspecified atom stereocenters. The molecule has 0 aliphatic rings. The minimum atomic E-state index is -0.209. The van der Waals surface area contributed by atoms with Gasteiger partial charge in [-0.05, 0) is 19.9 Å². The van der Waals surface area contributed by atoms with Crippen LogP contribution in [0.2, 0.25) is 5.02 Å². The first-order chi connectivity index (χ1) is 7.61. The third-order valence-electron chi connectivity index (χ3n) is 1.86. The van der Waals surface area contributed by atoms with Crippen molar-refractivity contribution in [3.8, 4) is 0 Å². The van der Waals surface area contributed by atoms with E-state index in [4.69, 9.17) is 16.3 Å². The van der Waals surface area contributed by atoms with Crippen molar-refractivity contribution < 1.29 is 9.53 Å². The molecule has 1 aromatic rings. The van der Waals surface area contributed by atoms with E-state index in [0.29, 0.717) is 23.7 Å². The number of carbonyl (C=O) groups is 1. The van der Waals surface area contributed by atoms with Crippen molar-refractivity contribution in [1.29, 1.82) is 0 Å². The number of pyridine rings is 1. The summed E-state index contributed by atoms with van der Waals surface area (Å²) in [4.78, 5) is 15.4. The van der Waals surface area contributed by atoms with Gasteiger partial charge in [0.15, 0.2) is 0 Å². The van der Waals surface area contributed by atoms with Gasteiger partial charge in [0, 0.05) is 18.9 Å². The van der Waals surface area contributed by atoms with Gasteiger partial charge in [0.2, 0.25) is 0 Å². The minimum Gasteiger partial charge on any atom is -0.377 e. The number of amides is 1. The van der Waals surface area contributed by atoms with Crippen molar-refractivity contribution in [1.82, 2.24) is 10.3 Å². The Kier molecular flexibility index (Phi) is 5.22. The van der Waals surface area contributed by atoms with Crippen molar-refractivity contribution >= 4 is 17.5 Å². The lowest BCUT2D eigenvalue weighted by Gasteiger charge is -2.09. The molecule has 0 fully saturated rings. The topological polar surface area (TPSA) is 51.2 Å². The van der Waals surface area contributed by atoms with Crippen LogP contribution in [-0.4, -0.2) is 30.1 Å². The van der Waals surface area contributed by atoms with Crippen LogP contribution in [0.1, 0.15) is 24.2 Å². The monoisotopic (exact) mass is 242 g/mol. The molecular formula is C11H15ClN2O2. The fourth-order valence-electron chi connectivity index (χ4n) is 1.11. The van der Waals surface area contributed by atoms with E-state index in [2.05, 4.69) is 10.3 Å². The Morgan fingerprint density at radius 1 is 1.62 bits per heavy atom. The molecule has 1 amide bonds. The fraction of sp³-hybridized carbons (Fsp3) is 0.455. The molecule has 0 saturated carbocycles. The Morgan fingerprint density at radius 2 is 2.38 bits per heavy atom. The maximum absolute atomic E-state index is 11.6. The summed E-state index contributed by atoms with van der Waals surface area (Å²) in [5.74, 6) is -0.209. The molecule has 0 aromatic carbocycles. The quantitative estimate of drug-likeness (QED) is 0.803. The highest BCUT2D eigenvalue weighted by atomic mass is 35.5. The van der Waals surface area contributed by atoms with Crippen molar-refractivity contribution in [2.24, 2.45) is 0 Å².